The lowest BCUT2D eigenvalue weighted by Gasteiger charge is -2.36. The summed E-state index contributed by atoms with van der Waals surface area (Å²) in [6.45, 7) is 4.69. The lowest BCUT2D eigenvalue weighted by atomic mass is 10.1. The van der Waals surface area contributed by atoms with Gasteiger partial charge in [-0.2, -0.15) is 5.10 Å². The maximum atomic E-state index is 13.0. The molecule has 1 aromatic heterocycles. The van der Waals surface area contributed by atoms with Crippen LogP contribution in [0.1, 0.15) is 30.1 Å². The summed E-state index contributed by atoms with van der Waals surface area (Å²) >= 11 is 0. The second-order valence-electron chi connectivity index (χ2n) is 7.04. The minimum absolute atomic E-state index is 0.00504. The summed E-state index contributed by atoms with van der Waals surface area (Å²) in [4.78, 5) is 20.8. The molecule has 0 N–H and O–H groups in total. The number of benzene rings is 1. The number of nitrogens with zero attached hydrogens (tertiary/aromatic N) is 4. The van der Waals surface area contributed by atoms with E-state index in [1.807, 2.05) is 28.9 Å². The molecule has 4 rings (SSSR count). The molecule has 1 aromatic carbocycles. The summed E-state index contributed by atoms with van der Waals surface area (Å²) in [6, 6.07) is 11.8. The fourth-order valence-electron chi connectivity index (χ4n) is 3.61. The van der Waals surface area contributed by atoms with E-state index in [-0.39, 0.29) is 11.9 Å². The molecule has 7 nitrogen and oxygen atoms in total. The number of amides is 1. The zero-order valence-corrected chi connectivity index (χ0v) is 15.5. The Labute approximate surface area is 159 Å². The lowest BCUT2D eigenvalue weighted by molar-refractivity contribution is -0.201. The van der Waals surface area contributed by atoms with E-state index >= 15 is 0 Å². The third kappa shape index (κ3) is 4.37. The van der Waals surface area contributed by atoms with E-state index in [0.29, 0.717) is 32.9 Å². The van der Waals surface area contributed by atoms with Crippen LogP contribution in [0, 0.1) is 0 Å². The molecule has 0 aliphatic carbocycles. The predicted molar refractivity (Wildman–Crippen MR) is 99.5 cm³/mol. The van der Waals surface area contributed by atoms with E-state index in [2.05, 4.69) is 22.1 Å². The van der Waals surface area contributed by atoms with Gasteiger partial charge in [-0.1, -0.05) is 30.3 Å². The first-order valence-corrected chi connectivity index (χ1v) is 9.62. The topological polar surface area (TPSA) is 59.8 Å². The van der Waals surface area contributed by atoms with E-state index in [9.17, 15) is 4.79 Å². The fraction of sp³-hybridized carbons (Fsp3) is 0.500. The average molecular weight is 370 g/mol. The van der Waals surface area contributed by atoms with Crippen LogP contribution >= 0.6 is 0 Å². The highest BCUT2D eigenvalue weighted by atomic mass is 16.7. The van der Waals surface area contributed by atoms with Crippen molar-refractivity contribution in [3.63, 3.8) is 0 Å². The zero-order chi connectivity index (χ0) is 18.5. The van der Waals surface area contributed by atoms with Crippen LogP contribution in [-0.4, -0.2) is 58.5 Å². The fourth-order valence-corrected chi connectivity index (χ4v) is 3.61. The first-order valence-electron chi connectivity index (χ1n) is 9.62. The van der Waals surface area contributed by atoms with Gasteiger partial charge in [-0.15, -0.1) is 0 Å². The number of rotatable bonds is 6. The maximum absolute atomic E-state index is 13.0. The largest absolute Gasteiger partial charge is 0.375 e. The van der Waals surface area contributed by atoms with Crippen LogP contribution in [0.4, 0.5) is 0 Å². The van der Waals surface area contributed by atoms with Gasteiger partial charge in [0, 0.05) is 32.4 Å². The summed E-state index contributed by atoms with van der Waals surface area (Å²) in [6.07, 6.45) is 3.76. The molecular weight excluding hydrogens is 344 g/mol. The van der Waals surface area contributed by atoms with E-state index in [0.717, 1.165) is 31.6 Å². The van der Waals surface area contributed by atoms with E-state index < -0.39 is 0 Å². The normalized spacial score (nSPS) is 20.4. The van der Waals surface area contributed by atoms with Crippen LogP contribution in [-0.2, 0) is 27.5 Å². The molecule has 0 saturated carbocycles. The van der Waals surface area contributed by atoms with E-state index in [4.69, 9.17) is 9.57 Å². The standard InChI is InChI=1S/C20H26N4O3/c25-20(23-10-4-5-12-27-23)19-15-22(14-18-8-9-21-24(18)19)11-13-26-16-17-6-2-1-3-7-17/h1-3,6-9,19H,4-5,10-16H2/t19-/m1/s1. The number of aromatic nitrogens is 2. The summed E-state index contributed by atoms with van der Waals surface area (Å²) < 4.78 is 7.67. The van der Waals surface area contributed by atoms with Crippen molar-refractivity contribution in [2.24, 2.45) is 0 Å². The molecule has 2 aromatic rings. The van der Waals surface area contributed by atoms with Gasteiger partial charge in [-0.25, -0.2) is 5.06 Å². The number of hydroxylamine groups is 2. The molecule has 27 heavy (non-hydrogen) atoms. The van der Waals surface area contributed by atoms with Crippen LogP contribution in [0.2, 0.25) is 0 Å². The van der Waals surface area contributed by atoms with Gasteiger partial charge in [0.05, 0.1) is 25.5 Å². The number of carbonyl (C=O) groups is 1. The van der Waals surface area contributed by atoms with E-state index in [1.165, 1.54) is 10.6 Å². The SMILES string of the molecule is O=C([C@H]1CN(CCOCc2ccccc2)Cc2ccnn21)N1CCCCO1. The second kappa shape index (κ2) is 8.65. The third-order valence-corrected chi connectivity index (χ3v) is 5.06. The highest BCUT2D eigenvalue weighted by Crippen LogP contribution is 2.23. The molecule has 7 heteroatoms. The lowest BCUT2D eigenvalue weighted by Crippen LogP contribution is -2.48. The Kier molecular flexibility index (Phi) is 5.81. The van der Waals surface area contributed by atoms with Gasteiger partial charge >= 0.3 is 0 Å². The number of ether oxygens (including phenoxy) is 1. The van der Waals surface area contributed by atoms with Gasteiger partial charge in [0.2, 0.25) is 0 Å². The Morgan fingerprint density at radius 3 is 2.93 bits per heavy atom. The minimum atomic E-state index is -0.337. The van der Waals surface area contributed by atoms with Gasteiger partial charge in [0.15, 0.2) is 0 Å². The van der Waals surface area contributed by atoms with Crippen molar-refractivity contribution < 1.29 is 14.4 Å². The van der Waals surface area contributed by atoms with Crippen LogP contribution in [0.15, 0.2) is 42.6 Å². The van der Waals surface area contributed by atoms with Crippen molar-refractivity contribution in [2.75, 3.05) is 32.8 Å². The van der Waals surface area contributed by atoms with Gasteiger partial charge in [0.25, 0.3) is 5.91 Å². The van der Waals surface area contributed by atoms with Crippen molar-refractivity contribution in [2.45, 2.75) is 32.0 Å². The van der Waals surface area contributed by atoms with Crippen LogP contribution in [0.25, 0.3) is 0 Å². The predicted octanol–water partition coefficient (Wildman–Crippen LogP) is 2.01. The molecule has 1 saturated heterocycles. The van der Waals surface area contributed by atoms with Crippen molar-refractivity contribution in [1.29, 1.82) is 0 Å². The molecule has 1 amide bonds. The highest BCUT2D eigenvalue weighted by Gasteiger charge is 2.34. The first kappa shape index (κ1) is 18.2. The molecule has 0 spiro atoms. The molecule has 1 atom stereocenters. The molecule has 3 heterocycles. The Morgan fingerprint density at radius 2 is 2.11 bits per heavy atom. The molecule has 1 fully saturated rings. The van der Waals surface area contributed by atoms with Crippen molar-refractivity contribution in [1.82, 2.24) is 19.7 Å². The second-order valence-corrected chi connectivity index (χ2v) is 7.04. The molecule has 2 aliphatic heterocycles. The molecule has 0 radical (unpaired) electrons. The third-order valence-electron chi connectivity index (χ3n) is 5.06. The highest BCUT2D eigenvalue weighted by molar-refractivity contribution is 5.80. The van der Waals surface area contributed by atoms with Gasteiger partial charge in [0.1, 0.15) is 6.04 Å². The zero-order valence-electron chi connectivity index (χ0n) is 15.5. The van der Waals surface area contributed by atoms with Gasteiger partial charge in [-0.3, -0.25) is 19.2 Å². The van der Waals surface area contributed by atoms with Crippen LogP contribution < -0.4 is 0 Å². The van der Waals surface area contributed by atoms with Crippen molar-refractivity contribution in [3.8, 4) is 0 Å². The van der Waals surface area contributed by atoms with Gasteiger partial charge < -0.3 is 4.74 Å². The Balaban J connectivity index is 1.34. The van der Waals surface area contributed by atoms with Crippen molar-refractivity contribution >= 4 is 5.91 Å². The molecule has 0 unspecified atom stereocenters. The summed E-state index contributed by atoms with van der Waals surface area (Å²) in [5, 5.41) is 5.90. The van der Waals surface area contributed by atoms with Crippen molar-refractivity contribution in [3.05, 3.63) is 53.9 Å². The van der Waals surface area contributed by atoms with Crippen LogP contribution in [0.5, 0.6) is 0 Å². The Bertz CT molecular complexity index is 743. The Morgan fingerprint density at radius 1 is 1.22 bits per heavy atom. The molecule has 2 aliphatic rings. The number of hydrogen-bond donors (Lipinski definition) is 0. The Hall–Kier alpha value is -2.22. The minimum Gasteiger partial charge on any atom is -0.375 e. The molecule has 0 bridgehead atoms. The number of fused-ring (bicyclic) bond motifs is 1. The maximum Gasteiger partial charge on any atom is 0.272 e. The van der Waals surface area contributed by atoms with E-state index in [1.54, 1.807) is 6.20 Å². The smallest absolute Gasteiger partial charge is 0.272 e. The summed E-state index contributed by atoms with van der Waals surface area (Å²) in [7, 11) is 0. The average Bonchev–Trinajstić information content (AvgIpc) is 3.20. The summed E-state index contributed by atoms with van der Waals surface area (Å²) in [5.74, 6) is -0.00504. The first-order chi connectivity index (χ1) is 13.3. The van der Waals surface area contributed by atoms with Gasteiger partial charge in [-0.05, 0) is 24.5 Å². The quantitative estimate of drug-likeness (QED) is 0.728. The molecule has 144 valence electrons. The number of carbonyl (C=O) groups excluding carboxylic acids is 1. The molecular formula is C20H26N4O3. The number of hydrogen-bond acceptors (Lipinski definition) is 5. The van der Waals surface area contributed by atoms with Crippen LogP contribution in [0.3, 0.4) is 0 Å². The monoisotopic (exact) mass is 370 g/mol. The summed E-state index contributed by atoms with van der Waals surface area (Å²) in [5.41, 5.74) is 2.23.